The molecule has 18 heavy (non-hydrogen) atoms. The van der Waals surface area contributed by atoms with E-state index in [9.17, 15) is 8.78 Å². The summed E-state index contributed by atoms with van der Waals surface area (Å²) in [6, 6.07) is 10.7. The zero-order chi connectivity index (χ0) is 13.1. The molecule has 1 atom stereocenters. The predicted octanol–water partition coefficient (Wildman–Crippen LogP) is 3.52. The van der Waals surface area contributed by atoms with Crippen molar-refractivity contribution in [1.82, 2.24) is 0 Å². The molecule has 3 heteroatoms. The van der Waals surface area contributed by atoms with Crippen LogP contribution >= 0.6 is 0 Å². The predicted molar refractivity (Wildman–Crippen MR) is 68.2 cm³/mol. The van der Waals surface area contributed by atoms with Gasteiger partial charge in [-0.1, -0.05) is 29.8 Å². The van der Waals surface area contributed by atoms with E-state index in [2.05, 4.69) is 0 Å². The Morgan fingerprint density at radius 1 is 1.11 bits per heavy atom. The highest BCUT2D eigenvalue weighted by Crippen LogP contribution is 2.20. The number of halogens is 2. The monoisotopic (exact) mass is 247 g/mol. The number of hydrogen-bond acceptors (Lipinski definition) is 1. The number of aryl methyl sites for hydroxylation is 1. The summed E-state index contributed by atoms with van der Waals surface area (Å²) >= 11 is 0. The molecule has 0 aliphatic carbocycles. The SMILES string of the molecule is Cc1cccc(CC(N)c2cc(F)ccc2F)c1. The Morgan fingerprint density at radius 3 is 2.61 bits per heavy atom. The third kappa shape index (κ3) is 2.93. The quantitative estimate of drug-likeness (QED) is 0.882. The van der Waals surface area contributed by atoms with Gasteiger partial charge in [-0.15, -0.1) is 0 Å². The third-order valence-corrected chi connectivity index (χ3v) is 2.90. The molecule has 2 N–H and O–H groups in total. The maximum absolute atomic E-state index is 13.6. The van der Waals surface area contributed by atoms with Gasteiger partial charge in [0.15, 0.2) is 0 Å². The minimum atomic E-state index is -0.539. The molecule has 0 saturated heterocycles. The summed E-state index contributed by atoms with van der Waals surface area (Å²) in [6.45, 7) is 1.98. The molecule has 0 aromatic heterocycles. The van der Waals surface area contributed by atoms with Gasteiger partial charge in [0.1, 0.15) is 11.6 Å². The topological polar surface area (TPSA) is 26.0 Å². The van der Waals surface area contributed by atoms with E-state index in [1.807, 2.05) is 31.2 Å². The van der Waals surface area contributed by atoms with Crippen molar-refractivity contribution in [3.63, 3.8) is 0 Å². The number of rotatable bonds is 3. The van der Waals surface area contributed by atoms with Crippen LogP contribution < -0.4 is 5.73 Å². The molecule has 2 aromatic rings. The van der Waals surface area contributed by atoms with E-state index >= 15 is 0 Å². The summed E-state index contributed by atoms with van der Waals surface area (Å²) < 4.78 is 26.6. The van der Waals surface area contributed by atoms with Gasteiger partial charge in [0, 0.05) is 11.6 Å². The second-order valence-corrected chi connectivity index (χ2v) is 4.47. The lowest BCUT2D eigenvalue weighted by Crippen LogP contribution is -2.15. The third-order valence-electron chi connectivity index (χ3n) is 2.90. The molecule has 0 fully saturated rings. The summed E-state index contributed by atoms with van der Waals surface area (Å²) in [4.78, 5) is 0. The number of benzene rings is 2. The van der Waals surface area contributed by atoms with E-state index < -0.39 is 17.7 Å². The van der Waals surface area contributed by atoms with Crippen LogP contribution in [0.25, 0.3) is 0 Å². The fourth-order valence-corrected chi connectivity index (χ4v) is 2.00. The molecule has 2 aromatic carbocycles. The largest absolute Gasteiger partial charge is 0.324 e. The van der Waals surface area contributed by atoms with Crippen molar-refractivity contribution in [3.05, 3.63) is 70.8 Å². The molecule has 1 unspecified atom stereocenters. The Hall–Kier alpha value is -1.74. The van der Waals surface area contributed by atoms with Crippen molar-refractivity contribution >= 4 is 0 Å². The van der Waals surface area contributed by atoms with Crippen molar-refractivity contribution in [3.8, 4) is 0 Å². The lowest BCUT2D eigenvalue weighted by Gasteiger charge is -2.13. The summed E-state index contributed by atoms with van der Waals surface area (Å²) in [5.74, 6) is -0.928. The Bertz CT molecular complexity index is 552. The Kier molecular flexibility index (Phi) is 3.72. The number of hydrogen-bond donors (Lipinski definition) is 1. The van der Waals surface area contributed by atoms with Gasteiger partial charge in [0.2, 0.25) is 0 Å². The molecule has 0 bridgehead atoms. The maximum atomic E-state index is 13.6. The first-order valence-electron chi connectivity index (χ1n) is 5.82. The fraction of sp³-hybridized carbons (Fsp3) is 0.200. The van der Waals surface area contributed by atoms with Crippen LogP contribution in [-0.2, 0) is 6.42 Å². The van der Waals surface area contributed by atoms with Crippen molar-refractivity contribution in [2.75, 3.05) is 0 Å². The van der Waals surface area contributed by atoms with Gasteiger partial charge in [-0.25, -0.2) is 8.78 Å². The fourth-order valence-electron chi connectivity index (χ4n) is 2.00. The summed E-state index contributed by atoms with van der Waals surface area (Å²) in [6.07, 6.45) is 0.488. The molecule has 1 nitrogen and oxygen atoms in total. The van der Waals surface area contributed by atoms with Crippen LogP contribution in [0, 0.1) is 18.6 Å². The summed E-state index contributed by atoms with van der Waals surface area (Å²) in [7, 11) is 0. The van der Waals surface area contributed by atoms with Gasteiger partial charge in [-0.2, -0.15) is 0 Å². The lowest BCUT2D eigenvalue weighted by atomic mass is 9.98. The Balaban J connectivity index is 2.21. The maximum Gasteiger partial charge on any atom is 0.128 e. The van der Waals surface area contributed by atoms with Gasteiger partial charge < -0.3 is 5.73 Å². The van der Waals surface area contributed by atoms with Gasteiger partial charge in [-0.3, -0.25) is 0 Å². The molecule has 0 heterocycles. The van der Waals surface area contributed by atoms with Crippen LogP contribution in [0.4, 0.5) is 8.78 Å². The van der Waals surface area contributed by atoms with E-state index in [0.717, 1.165) is 29.3 Å². The molecule has 94 valence electrons. The molecule has 0 aliphatic heterocycles. The van der Waals surface area contributed by atoms with E-state index in [1.165, 1.54) is 0 Å². The van der Waals surface area contributed by atoms with Gasteiger partial charge >= 0.3 is 0 Å². The second kappa shape index (κ2) is 5.27. The Labute approximate surface area is 105 Å². The average Bonchev–Trinajstić information content (AvgIpc) is 2.32. The Morgan fingerprint density at radius 2 is 1.89 bits per heavy atom. The van der Waals surface area contributed by atoms with Gasteiger partial charge in [-0.05, 0) is 37.1 Å². The first-order chi connectivity index (χ1) is 8.56. The van der Waals surface area contributed by atoms with Crippen LogP contribution in [0.5, 0.6) is 0 Å². The first-order valence-corrected chi connectivity index (χ1v) is 5.82. The van der Waals surface area contributed by atoms with Crippen molar-refractivity contribution in [1.29, 1.82) is 0 Å². The van der Waals surface area contributed by atoms with Gasteiger partial charge in [0.25, 0.3) is 0 Å². The smallest absolute Gasteiger partial charge is 0.128 e. The molecule has 0 aliphatic rings. The molecule has 0 amide bonds. The molecular weight excluding hydrogens is 232 g/mol. The normalized spacial score (nSPS) is 12.4. The molecule has 0 radical (unpaired) electrons. The zero-order valence-corrected chi connectivity index (χ0v) is 10.2. The lowest BCUT2D eigenvalue weighted by molar-refractivity contribution is 0.561. The average molecular weight is 247 g/mol. The standard InChI is InChI=1S/C15H15F2N/c1-10-3-2-4-11(7-10)8-15(18)13-9-12(16)5-6-14(13)17/h2-7,9,15H,8,18H2,1H3. The minimum absolute atomic E-state index is 0.219. The highest BCUT2D eigenvalue weighted by molar-refractivity contribution is 5.27. The van der Waals surface area contributed by atoms with E-state index in [4.69, 9.17) is 5.73 Å². The zero-order valence-electron chi connectivity index (χ0n) is 10.2. The van der Waals surface area contributed by atoms with Crippen molar-refractivity contribution in [2.45, 2.75) is 19.4 Å². The second-order valence-electron chi connectivity index (χ2n) is 4.47. The number of nitrogens with two attached hydrogens (primary N) is 1. The van der Waals surface area contributed by atoms with Crippen LogP contribution in [-0.4, -0.2) is 0 Å². The molecule has 0 saturated carbocycles. The van der Waals surface area contributed by atoms with Crippen molar-refractivity contribution < 1.29 is 8.78 Å². The van der Waals surface area contributed by atoms with Crippen LogP contribution in [0.1, 0.15) is 22.7 Å². The highest BCUT2D eigenvalue weighted by atomic mass is 19.1. The molecule has 2 rings (SSSR count). The molecular formula is C15H15F2N. The van der Waals surface area contributed by atoms with E-state index in [1.54, 1.807) is 0 Å². The van der Waals surface area contributed by atoms with Crippen molar-refractivity contribution in [2.24, 2.45) is 5.73 Å². The molecule has 0 spiro atoms. The summed E-state index contributed by atoms with van der Waals surface area (Å²) in [5, 5.41) is 0. The summed E-state index contributed by atoms with van der Waals surface area (Å²) in [5.41, 5.74) is 8.30. The van der Waals surface area contributed by atoms with Crippen LogP contribution in [0.3, 0.4) is 0 Å². The van der Waals surface area contributed by atoms with Crippen LogP contribution in [0.15, 0.2) is 42.5 Å². The minimum Gasteiger partial charge on any atom is -0.324 e. The van der Waals surface area contributed by atoms with E-state index in [-0.39, 0.29) is 5.56 Å². The van der Waals surface area contributed by atoms with E-state index in [0.29, 0.717) is 6.42 Å². The first kappa shape index (κ1) is 12.7. The highest BCUT2D eigenvalue weighted by Gasteiger charge is 2.13. The van der Waals surface area contributed by atoms with Gasteiger partial charge in [0.05, 0.1) is 0 Å². The van der Waals surface area contributed by atoms with Crippen LogP contribution in [0.2, 0.25) is 0 Å².